The summed E-state index contributed by atoms with van der Waals surface area (Å²) in [4.78, 5) is 0. The summed E-state index contributed by atoms with van der Waals surface area (Å²) in [5.41, 5.74) is 1.76. The Balaban J connectivity index is 2.20. The molecule has 0 radical (unpaired) electrons. The highest BCUT2D eigenvalue weighted by Gasteiger charge is 2.44. The highest BCUT2D eigenvalue weighted by Crippen LogP contribution is 2.48. The average molecular weight is 241 g/mol. The second-order valence-electron chi connectivity index (χ2n) is 3.72. The van der Waals surface area contributed by atoms with Gasteiger partial charge in [0.15, 0.2) is 0 Å². The predicted molar refractivity (Wildman–Crippen MR) is 56.9 cm³/mol. The van der Waals surface area contributed by atoms with Gasteiger partial charge in [-0.1, -0.05) is 28.1 Å². The van der Waals surface area contributed by atoms with Crippen molar-refractivity contribution in [2.45, 2.75) is 18.3 Å². The molecule has 1 nitrogen and oxygen atoms in total. The van der Waals surface area contributed by atoms with E-state index in [4.69, 9.17) is 4.74 Å². The zero-order chi connectivity index (χ0) is 9.31. The van der Waals surface area contributed by atoms with Crippen LogP contribution in [0.4, 0.5) is 0 Å². The molecule has 0 aliphatic heterocycles. The Morgan fingerprint density at radius 3 is 2.38 bits per heavy atom. The first kappa shape index (κ1) is 9.22. The molecular weight excluding hydrogens is 228 g/mol. The second-order valence-corrected chi connectivity index (χ2v) is 4.64. The van der Waals surface area contributed by atoms with Crippen LogP contribution in [0, 0.1) is 0 Å². The van der Waals surface area contributed by atoms with E-state index in [2.05, 4.69) is 40.2 Å². The minimum absolute atomic E-state index is 0.343. The molecule has 0 aromatic heterocycles. The Morgan fingerprint density at radius 1 is 1.31 bits per heavy atom. The summed E-state index contributed by atoms with van der Waals surface area (Å²) < 4.78 is 6.39. The van der Waals surface area contributed by atoms with Crippen LogP contribution >= 0.6 is 15.9 Å². The third-order valence-electron chi connectivity index (χ3n) is 2.73. The van der Waals surface area contributed by atoms with Crippen LogP contribution in [0.3, 0.4) is 0 Å². The van der Waals surface area contributed by atoms with Crippen molar-refractivity contribution in [3.8, 4) is 0 Å². The van der Waals surface area contributed by atoms with Gasteiger partial charge in [-0.05, 0) is 30.5 Å². The molecule has 0 amide bonds. The second kappa shape index (κ2) is 3.43. The lowest BCUT2D eigenvalue weighted by atomic mass is 9.97. The number of hydrogen-bond donors (Lipinski definition) is 0. The van der Waals surface area contributed by atoms with E-state index < -0.39 is 0 Å². The zero-order valence-corrected chi connectivity index (χ0v) is 9.30. The van der Waals surface area contributed by atoms with E-state index in [1.807, 2.05) is 0 Å². The van der Waals surface area contributed by atoms with Crippen LogP contribution in [0.5, 0.6) is 0 Å². The molecule has 0 spiro atoms. The zero-order valence-electron chi connectivity index (χ0n) is 7.72. The molecule has 1 aromatic rings. The van der Waals surface area contributed by atoms with Crippen molar-refractivity contribution in [2.24, 2.45) is 0 Å². The molecule has 13 heavy (non-hydrogen) atoms. The summed E-state index contributed by atoms with van der Waals surface area (Å²) in [6.07, 6.45) is 2.53. The predicted octanol–water partition coefficient (Wildman–Crippen LogP) is 3.13. The molecular formula is C11H13BrO. The van der Waals surface area contributed by atoms with Gasteiger partial charge in [-0.15, -0.1) is 0 Å². The van der Waals surface area contributed by atoms with E-state index in [9.17, 15) is 0 Å². The molecule has 2 rings (SSSR count). The smallest absolute Gasteiger partial charge is 0.0559 e. The highest BCUT2D eigenvalue weighted by molar-refractivity contribution is 9.10. The normalized spacial score (nSPS) is 18.6. The third kappa shape index (κ3) is 1.79. The summed E-state index contributed by atoms with van der Waals surface area (Å²) in [7, 11) is 1.78. The maximum atomic E-state index is 5.24. The highest BCUT2D eigenvalue weighted by atomic mass is 79.9. The van der Waals surface area contributed by atoms with Crippen molar-refractivity contribution >= 4 is 15.9 Å². The molecule has 1 aliphatic carbocycles. The van der Waals surface area contributed by atoms with Gasteiger partial charge in [0.2, 0.25) is 0 Å². The lowest BCUT2D eigenvalue weighted by molar-refractivity contribution is 0.171. The summed E-state index contributed by atoms with van der Waals surface area (Å²) >= 11 is 3.44. The fraction of sp³-hybridized carbons (Fsp3) is 0.455. The van der Waals surface area contributed by atoms with Gasteiger partial charge in [-0.25, -0.2) is 0 Å². The van der Waals surface area contributed by atoms with E-state index in [1.54, 1.807) is 7.11 Å². The number of methoxy groups -OCH3 is 1. The summed E-state index contributed by atoms with van der Waals surface area (Å²) in [5.74, 6) is 0. The molecule has 0 unspecified atom stereocenters. The average Bonchev–Trinajstić information content (AvgIpc) is 2.87. The van der Waals surface area contributed by atoms with Gasteiger partial charge in [-0.2, -0.15) is 0 Å². The van der Waals surface area contributed by atoms with Gasteiger partial charge in [-0.3, -0.25) is 0 Å². The lowest BCUT2D eigenvalue weighted by Crippen LogP contribution is -2.13. The van der Waals surface area contributed by atoms with Crippen LogP contribution in [0.1, 0.15) is 18.4 Å². The van der Waals surface area contributed by atoms with Crippen molar-refractivity contribution in [3.63, 3.8) is 0 Å². The van der Waals surface area contributed by atoms with Gasteiger partial charge in [0, 0.05) is 17.0 Å². The molecule has 70 valence electrons. The van der Waals surface area contributed by atoms with Gasteiger partial charge in [0.05, 0.1) is 6.61 Å². The number of rotatable bonds is 3. The van der Waals surface area contributed by atoms with Crippen molar-refractivity contribution < 1.29 is 4.74 Å². The van der Waals surface area contributed by atoms with Crippen LogP contribution in [0.25, 0.3) is 0 Å². The molecule has 0 heterocycles. The Bertz CT molecular complexity index is 287. The van der Waals surface area contributed by atoms with Crippen LogP contribution in [-0.2, 0) is 10.2 Å². The van der Waals surface area contributed by atoms with E-state index in [0.717, 1.165) is 11.1 Å². The van der Waals surface area contributed by atoms with Crippen LogP contribution in [-0.4, -0.2) is 13.7 Å². The third-order valence-corrected chi connectivity index (χ3v) is 3.26. The van der Waals surface area contributed by atoms with Gasteiger partial charge >= 0.3 is 0 Å². The van der Waals surface area contributed by atoms with Crippen LogP contribution in [0.15, 0.2) is 28.7 Å². The van der Waals surface area contributed by atoms with Crippen molar-refractivity contribution in [1.82, 2.24) is 0 Å². The Morgan fingerprint density at radius 2 is 1.92 bits per heavy atom. The standard InChI is InChI=1S/C11H13BrO/c1-13-8-11(6-7-11)9-2-4-10(12)5-3-9/h2-5H,6-8H2,1H3. The molecule has 2 heteroatoms. The van der Waals surface area contributed by atoms with Crippen molar-refractivity contribution in [2.75, 3.05) is 13.7 Å². The summed E-state index contributed by atoms with van der Waals surface area (Å²) in [6.45, 7) is 0.856. The molecule has 1 aromatic carbocycles. The lowest BCUT2D eigenvalue weighted by Gasteiger charge is -2.14. The minimum atomic E-state index is 0.343. The van der Waals surface area contributed by atoms with E-state index in [-0.39, 0.29) is 0 Å². The van der Waals surface area contributed by atoms with Crippen LogP contribution < -0.4 is 0 Å². The number of hydrogen-bond acceptors (Lipinski definition) is 1. The molecule has 1 fully saturated rings. The topological polar surface area (TPSA) is 9.23 Å². The van der Waals surface area contributed by atoms with E-state index >= 15 is 0 Å². The SMILES string of the molecule is COCC1(c2ccc(Br)cc2)CC1. The largest absolute Gasteiger partial charge is 0.384 e. The number of ether oxygens (including phenoxy) is 1. The molecule has 0 saturated heterocycles. The maximum Gasteiger partial charge on any atom is 0.0559 e. The fourth-order valence-electron chi connectivity index (χ4n) is 1.75. The summed E-state index contributed by atoms with van der Waals surface area (Å²) in [5, 5.41) is 0. The van der Waals surface area contributed by atoms with Crippen molar-refractivity contribution in [1.29, 1.82) is 0 Å². The Hall–Kier alpha value is -0.340. The quantitative estimate of drug-likeness (QED) is 0.789. The first-order valence-corrected chi connectivity index (χ1v) is 5.31. The number of halogens is 1. The molecule has 0 atom stereocenters. The summed E-state index contributed by atoms with van der Waals surface area (Å²) in [6, 6.07) is 8.59. The van der Waals surface area contributed by atoms with Gasteiger partial charge < -0.3 is 4.74 Å². The molecule has 1 saturated carbocycles. The monoisotopic (exact) mass is 240 g/mol. The minimum Gasteiger partial charge on any atom is -0.384 e. The van der Waals surface area contributed by atoms with Gasteiger partial charge in [0.1, 0.15) is 0 Å². The van der Waals surface area contributed by atoms with E-state index in [1.165, 1.54) is 18.4 Å². The molecule has 0 bridgehead atoms. The first-order chi connectivity index (χ1) is 6.27. The molecule has 1 aliphatic rings. The first-order valence-electron chi connectivity index (χ1n) is 4.52. The van der Waals surface area contributed by atoms with Crippen LogP contribution in [0.2, 0.25) is 0 Å². The fourth-order valence-corrected chi connectivity index (χ4v) is 2.01. The Kier molecular flexibility index (Phi) is 2.43. The maximum absolute atomic E-state index is 5.24. The number of benzene rings is 1. The van der Waals surface area contributed by atoms with Gasteiger partial charge in [0.25, 0.3) is 0 Å². The van der Waals surface area contributed by atoms with E-state index in [0.29, 0.717) is 5.41 Å². The Labute approximate surface area is 87.2 Å². The van der Waals surface area contributed by atoms with Crippen molar-refractivity contribution in [3.05, 3.63) is 34.3 Å². The molecule has 0 N–H and O–H groups in total.